The molecule has 0 aliphatic carbocycles. The molecule has 20 heavy (non-hydrogen) atoms. The molecule has 1 aromatic rings. The molecule has 1 atom stereocenters. The van der Waals surface area contributed by atoms with Crippen LogP contribution in [0.4, 0.5) is 0 Å². The van der Waals surface area contributed by atoms with Gasteiger partial charge in [-0.25, -0.2) is 28.3 Å². The third-order valence-electron chi connectivity index (χ3n) is 3.02. The average Bonchev–Trinajstić information content (AvgIpc) is 2.63. The van der Waals surface area contributed by atoms with Crippen molar-refractivity contribution < 1.29 is 19.8 Å². The molecular weight excluding hydrogens is 270 g/mol. The van der Waals surface area contributed by atoms with Crippen molar-refractivity contribution in [2.75, 3.05) is 0 Å². The smallest absolute Gasteiger partial charge is 0.348 e. The SMILES string of the molecule is O=C(O)CCCn1c(=O)n2n(c1=O)C(C(=O)O)C=CC2. The number of carboxylic acid groups (broad SMARTS) is 2. The molecule has 0 saturated carbocycles. The number of nitrogens with zero attached hydrogens (tertiary/aromatic N) is 3. The molecule has 1 aromatic heterocycles. The first-order valence-corrected chi connectivity index (χ1v) is 5.97. The van der Waals surface area contributed by atoms with Gasteiger partial charge in [0.1, 0.15) is 0 Å². The molecule has 1 unspecified atom stereocenters. The Balaban J connectivity index is 2.38. The van der Waals surface area contributed by atoms with Crippen LogP contribution in [0.5, 0.6) is 0 Å². The van der Waals surface area contributed by atoms with E-state index in [2.05, 4.69) is 0 Å². The molecule has 0 bridgehead atoms. The van der Waals surface area contributed by atoms with E-state index in [1.165, 1.54) is 12.2 Å². The van der Waals surface area contributed by atoms with Crippen LogP contribution in [0.2, 0.25) is 0 Å². The molecule has 1 aliphatic heterocycles. The van der Waals surface area contributed by atoms with Gasteiger partial charge < -0.3 is 10.2 Å². The number of aromatic nitrogens is 3. The summed E-state index contributed by atoms with van der Waals surface area (Å²) < 4.78 is 2.79. The molecule has 2 N–H and O–H groups in total. The second kappa shape index (κ2) is 5.19. The van der Waals surface area contributed by atoms with Gasteiger partial charge in [0.25, 0.3) is 0 Å². The summed E-state index contributed by atoms with van der Waals surface area (Å²) in [5.41, 5.74) is -1.37. The highest BCUT2D eigenvalue weighted by molar-refractivity contribution is 5.74. The minimum Gasteiger partial charge on any atom is -0.481 e. The molecule has 108 valence electrons. The maximum absolute atomic E-state index is 12.1. The summed E-state index contributed by atoms with van der Waals surface area (Å²) in [6.07, 6.45) is 2.79. The Hall–Kier alpha value is -2.58. The Labute approximate surface area is 112 Å². The van der Waals surface area contributed by atoms with Crippen molar-refractivity contribution >= 4 is 11.9 Å². The third-order valence-corrected chi connectivity index (χ3v) is 3.02. The zero-order valence-electron chi connectivity index (χ0n) is 10.4. The van der Waals surface area contributed by atoms with E-state index in [1.54, 1.807) is 0 Å². The Morgan fingerprint density at radius 3 is 2.55 bits per heavy atom. The van der Waals surface area contributed by atoms with Crippen molar-refractivity contribution in [2.24, 2.45) is 0 Å². The Morgan fingerprint density at radius 1 is 1.25 bits per heavy atom. The maximum Gasteiger partial charge on any atom is 0.348 e. The van der Waals surface area contributed by atoms with E-state index in [9.17, 15) is 19.2 Å². The molecule has 0 spiro atoms. The fraction of sp³-hybridized carbons (Fsp3) is 0.455. The first-order chi connectivity index (χ1) is 9.43. The van der Waals surface area contributed by atoms with Gasteiger partial charge in [-0.05, 0) is 6.42 Å². The predicted molar refractivity (Wildman–Crippen MR) is 65.6 cm³/mol. The predicted octanol–water partition coefficient (Wildman–Crippen LogP) is -1.13. The van der Waals surface area contributed by atoms with E-state index in [0.29, 0.717) is 0 Å². The second-order valence-corrected chi connectivity index (χ2v) is 4.35. The molecule has 0 saturated heterocycles. The molecule has 9 nitrogen and oxygen atoms in total. The van der Waals surface area contributed by atoms with E-state index in [1.807, 2.05) is 0 Å². The largest absolute Gasteiger partial charge is 0.481 e. The van der Waals surface area contributed by atoms with Crippen molar-refractivity contribution in [3.63, 3.8) is 0 Å². The molecule has 0 fully saturated rings. The van der Waals surface area contributed by atoms with E-state index >= 15 is 0 Å². The monoisotopic (exact) mass is 283 g/mol. The molecule has 2 heterocycles. The highest BCUT2D eigenvalue weighted by atomic mass is 16.4. The molecular formula is C11H13N3O6. The van der Waals surface area contributed by atoms with Crippen LogP contribution in [0.1, 0.15) is 18.9 Å². The fourth-order valence-electron chi connectivity index (χ4n) is 2.11. The minimum atomic E-state index is -1.24. The van der Waals surface area contributed by atoms with Gasteiger partial charge in [0.2, 0.25) is 0 Å². The van der Waals surface area contributed by atoms with Gasteiger partial charge in [-0.1, -0.05) is 12.2 Å². The lowest BCUT2D eigenvalue weighted by atomic mass is 10.2. The highest BCUT2D eigenvalue weighted by Crippen LogP contribution is 2.10. The van der Waals surface area contributed by atoms with Crippen LogP contribution in [0.3, 0.4) is 0 Å². The van der Waals surface area contributed by atoms with Crippen molar-refractivity contribution in [2.45, 2.75) is 32.0 Å². The van der Waals surface area contributed by atoms with Crippen LogP contribution >= 0.6 is 0 Å². The van der Waals surface area contributed by atoms with Crippen molar-refractivity contribution in [1.29, 1.82) is 0 Å². The number of rotatable bonds is 5. The Bertz CT molecular complexity index is 692. The van der Waals surface area contributed by atoms with Gasteiger partial charge in [0.15, 0.2) is 6.04 Å². The van der Waals surface area contributed by atoms with Gasteiger partial charge in [-0.3, -0.25) is 4.79 Å². The molecule has 0 radical (unpaired) electrons. The first kappa shape index (κ1) is 13.8. The summed E-state index contributed by atoms with van der Waals surface area (Å²) in [6, 6.07) is -1.22. The maximum atomic E-state index is 12.1. The number of carboxylic acids is 2. The lowest BCUT2D eigenvalue weighted by Crippen LogP contribution is -2.36. The van der Waals surface area contributed by atoms with Crippen molar-refractivity contribution in [1.82, 2.24) is 13.9 Å². The third kappa shape index (κ3) is 2.29. The summed E-state index contributed by atoms with van der Waals surface area (Å²) >= 11 is 0. The lowest BCUT2D eigenvalue weighted by molar-refractivity contribution is -0.140. The standard InChI is InChI=1S/C11H13N3O6/c15-8(16)4-2-5-12-10(19)13-6-1-3-7(9(17)18)14(13)11(12)20/h1,3,7H,2,4-6H2,(H,15,16)(H,17,18). The quantitative estimate of drug-likeness (QED) is 0.659. The number of hydrogen-bond acceptors (Lipinski definition) is 4. The van der Waals surface area contributed by atoms with Crippen LogP contribution in [0.25, 0.3) is 0 Å². The molecule has 0 amide bonds. The summed E-state index contributed by atoms with van der Waals surface area (Å²) in [5.74, 6) is -2.26. The zero-order chi connectivity index (χ0) is 14.9. The van der Waals surface area contributed by atoms with Crippen LogP contribution in [0.15, 0.2) is 21.7 Å². The normalized spacial score (nSPS) is 16.9. The van der Waals surface area contributed by atoms with E-state index < -0.39 is 29.4 Å². The van der Waals surface area contributed by atoms with Crippen LogP contribution in [-0.4, -0.2) is 36.1 Å². The lowest BCUT2D eigenvalue weighted by Gasteiger charge is -2.16. The molecule has 1 aliphatic rings. The number of carbonyl (C=O) groups is 2. The number of fused-ring (bicyclic) bond motifs is 1. The Kier molecular flexibility index (Phi) is 3.59. The Morgan fingerprint density at radius 2 is 1.95 bits per heavy atom. The molecule has 2 rings (SSSR count). The zero-order valence-corrected chi connectivity index (χ0v) is 10.4. The average molecular weight is 283 g/mol. The van der Waals surface area contributed by atoms with Crippen LogP contribution in [0, 0.1) is 0 Å². The summed E-state index contributed by atoms with van der Waals surface area (Å²) in [4.78, 5) is 45.6. The number of allylic oxidation sites excluding steroid dienone is 1. The second-order valence-electron chi connectivity index (χ2n) is 4.35. The van der Waals surface area contributed by atoms with E-state index in [4.69, 9.17) is 10.2 Å². The first-order valence-electron chi connectivity index (χ1n) is 5.97. The summed E-state index contributed by atoms with van der Waals surface area (Å²) in [6.45, 7) is 0.0626. The number of aliphatic carboxylic acids is 2. The van der Waals surface area contributed by atoms with E-state index in [0.717, 1.165) is 13.9 Å². The number of hydrogen-bond donors (Lipinski definition) is 2. The van der Waals surface area contributed by atoms with Crippen molar-refractivity contribution in [3.05, 3.63) is 33.1 Å². The van der Waals surface area contributed by atoms with Crippen molar-refractivity contribution in [3.8, 4) is 0 Å². The fourth-order valence-corrected chi connectivity index (χ4v) is 2.11. The van der Waals surface area contributed by atoms with Gasteiger partial charge in [-0.15, -0.1) is 0 Å². The van der Waals surface area contributed by atoms with Gasteiger partial charge in [0.05, 0.1) is 6.54 Å². The topological polar surface area (TPSA) is 124 Å². The highest BCUT2D eigenvalue weighted by Gasteiger charge is 2.27. The van der Waals surface area contributed by atoms with Gasteiger partial charge >= 0.3 is 23.3 Å². The molecule has 0 aromatic carbocycles. The van der Waals surface area contributed by atoms with Crippen LogP contribution < -0.4 is 11.4 Å². The van der Waals surface area contributed by atoms with Gasteiger partial charge in [-0.2, -0.15) is 0 Å². The minimum absolute atomic E-state index is 0.0523. The summed E-state index contributed by atoms with van der Waals surface area (Å²) in [5, 5.41) is 17.6. The molecule has 9 heteroatoms. The van der Waals surface area contributed by atoms with Gasteiger partial charge in [0, 0.05) is 13.0 Å². The van der Waals surface area contributed by atoms with Crippen LogP contribution in [-0.2, 0) is 22.7 Å². The van der Waals surface area contributed by atoms with E-state index in [-0.39, 0.29) is 25.9 Å². The summed E-state index contributed by atoms with van der Waals surface area (Å²) in [7, 11) is 0.